The largest absolute Gasteiger partial charge is 0.378 e. The maximum atomic E-state index is 12.5. The number of hydrogen-bond acceptors (Lipinski definition) is 5. The van der Waals surface area contributed by atoms with Crippen LogP contribution in [0.3, 0.4) is 0 Å². The van der Waals surface area contributed by atoms with Crippen LogP contribution in [0.4, 0.5) is 4.79 Å². The lowest BCUT2D eigenvalue weighted by Crippen LogP contribution is -2.47. The Morgan fingerprint density at radius 3 is 2.95 bits per heavy atom. The second-order valence-corrected chi connectivity index (χ2v) is 5.96. The molecule has 2 aliphatic heterocycles. The van der Waals surface area contributed by atoms with Gasteiger partial charge in [-0.1, -0.05) is 13.8 Å². The number of nitrogens with one attached hydrogen (secondary N) is 1. The van der Waals surface area contributed by atoms with E-state index in [1.807, 2.05) is 0 Å². The van der Waals surface area contributed by atoms with Gasteiger partial charge in [-0.25, -0.2) is 14.5 Å². The molecule has 8 nitrogen and oxygen atoms in total. The Morgan fingerprint density at radius 2 is 2.29 bits per heavy atom. The Kier molecular flexibility index (Phi) is 3.40. The fourth-order valence-electron chi connectivity index (χ4n) is 2.70. The second kappa shape index (κ2) is 5.10. The van der Waals surface area contributed by atoms with Crippen LogP contribution in [0, 0.1) is 5.92 Å². The van der Waals surface area contributed by atoms with Crippen molar-refractivity contribution in [2.24, 2.45) is 5.92 Å². The first-order valence-corrected chi connectivity index (χ1v) is 7.10. The highest BCUT2D eigenvalue weighted by atomic mass is 16.5. The molecular formula is C13H19N5O3. The highest BCUT2D eigenvalue weighted by molar-refractivity contribution is 6.07. The number of carbonyl (C=O) groups excluding carboxylic acids is 2. The van der Waals surface area contributed by atoms with Crippen molar-refractivity contribution in [3.05, 3.63) is 12.2 Å². The minimum atomic E-state index is -0.875. The molecule has 1 aromatic heterocycles. The highest BCUT2D eigenvalue weighted by Gasteiger charge is 2.53. The van der Waals surface area contributed by atoms with Crippen molar-refractivity contribution >= 4 is 11.9 Å². The van der Waals surface area contributed by atoms with Gasteiger partial charge in [0.05, 0.1) is 13.2 Å². The molecule has 0 bridgehead atoms. The summed E-state index contributed by atoms with van der Waals surface area (Å²) in [4.78, 5) is 30.0. The number of amides is 3. The Balaban J connectivity index is 1.77. The summed E-state index contributed by atoms with van der Waals surface area (Å²) in [5, 5.41) is 6.91. The van der Waals surface area contributed by atoms with Crippen molar-refractivity contribution in [1.82, 2.24) is 25.0 Å². The quantitative estimate of drug-likeness (QED) is 0.798. The van der Waals surface area contributed by atoms with Crippen molar-refractivity contribution in [3.8, 4) is 0 Å². The SMILES string of the molecule is CC(C)Cn1ncnc1CN1C(=O)NC2(CCOC2)C1=O. The Hall–Kier alpha value is -1.96. The first-order chi connectivity index (χ1) is 10.0. The molecule has 1 aromatic rings. The monoisotopic (exact) mass is 293 g/mol. The van der Waals surface area contributed by atoms with Crippen LogP contribution in [0.15, 0.2) is 6.33 Å². The fraction of sp³-hybridized carbons (Fsp3) is 0.692. The van der Waals surface area contributed by atoms with Crippen molar-refractivity contribution in [1.29, 1.82) is 0 Å². The molecule has 8 heteroatoms. The fourth-order valence-corrected chi connectivity index (χ4v) is 2.70. The van der Waals surface area contributed by atoms with Gasteiger partial charge in [0, 0.05) is 19.6 Å². The van der Waals surface area contributed by atoms with Crippen LogP contribution >= 0.6 is 0 Å². The molecule has 1 spiro atoms. The molecule has 3 amide bonds. The molecule has 1 unspecified atom stereocenters. The number of imide groups is 1. The van der Waals surface area contributed by atoms with Crippen LogP contribution in [0.25, 0.3) is 0 Å². The molecule has 0 radical (unpaired) electrons. The van der Waals surface area contributed by atoms with E-state index < -0.39 is 5.54 Å². The molecule has 3 rings (SSSR count). The van der Waals surface area contributed by atoms with E-state index in [4.69, 9.17) is 4.74 Å². The number of hydrogen-bond donors (Lipinski definition) is 1. The Labute approximate surface area is 122 Å². The molecule has 1 N–H and O–H groups in total. The summed E-state index contributed by atoms with van der Waals surface area (Å²) < 4.78 is 7.00. The van der Waals surface area contributed by atoms with Gasteiger partial charge in [0.1, 0.15) is 17.7 Å². The van der Waals surface area contributed by atoms with E-state index in [9.17, 15) is 9.59 Å². The van der Waals surface area contributed by atoms with Crippen LogP contribution in [0.5, 0.6) is 0 Å². The van der Waals surface area contributed by atoms with Gasteiger partial charge in [-0.15, -0.1) is 0 Å². The number of rotatable bonds is 4. The van der Waals surface area contributed by atoms with Crippen molar-refractivity contribution in [2.45, 2.75) is 38.9 Å². The van der Waals surface area contributed by atoms with Crippen molar-refractivity contribution in [3.63, 3.8) is 0 Å². The van der Waals surface area contributed by atoms with E-state index in [1.165, 1.54) is 11.2 Å². The smallest absolute Gasteiger partial charge is 0.325 e. The third-order valence-corrected chi connectivity index (χ3v) is 3.80. The summed E-state index contributed by atoms with van der Waals surface area (Å²) in [7, 11) is 0. The van der Waals surface area contributed by atoms with Gasteiger partial charge in [0.15, 0.2) is 0 Å². The highest BCUT2D eigenvalue weighted by Crippen LogP contribution is 2.27. The molecular weight excluding hydrogens is 274 g/mol. The average Bonchev–Trinajstić information content (AvgIpc) is 3.09. The minimum Gasteiger partial charge on any atom is -0.378 e. The lowest BCUT2D eigenvalue weighted by Gasteiger charge is -2.18. The summed E-state index contributed by atoms with van der Waals surface area (Å²) in [5.74, 6) is 0.787. The van der Waals surface area contributed by atoms with E-state index in [0.717, 1.165) is 0 Å². The zero-order chi connectivity index (χ0) is 15.0. The maximum Gasteiger partial charge on any atom is 0.325 e. The molecule has 0 aliphatic carbocycles. The van der Waals surface area contributed by atoms with E-state index >= 15 is 0 Å². The predicted octanol–water partition coefficient (Wildman–Crippen LogP) is 0.145. The third kappa shape index (κ3) is 2.39. The zero-order valence-corrected chi connectivity index (χ0v) is 12.2. The second-order valence-electron chi connectivity index (χ2n) is 5.96. The molecule has 21 heavy (non-hydrogen) atoms. The van der Waals surface area contributed by atoms with Gasteiger partial charge in [-0.05, 0) is 5.92 Å². The van der Waals surface area contributed by atoms with E-state index in [2.05, 4.69) is 29.2 Å². The van der Waals surface area contributed by atoms with Crippen LogP contribution in [0.2, 0.25) is 0 Å². The first-order valence-electron chi connectivity index (χ1n) is 7.10. The van der Waals surface area contributed by atoms with Crippen molar-refractivity contribution in [2.75, 3.05) is 13.2 Å². The van der Waals surface area contributed by atoms with Gasteiger partial charge in [0.25, 0.3) is 5.91 Å². The predicted molar refractivity (Wildman–Crippen MR) is 72.1 cm³/mol. The molecule has 114 valence electrons. The maximum absolute atomic E-state index is 12.5. The van der Waals surface area contributed by atoms with Crippen LogP contribution < -0.4 is 5.32 Å². The zero-order valence-electron chi connectivity index (χ0n) is 12.2. The van der Waals surface area contributed by atoms with Crippen LogP contribution in [0.1, 0.15) is 26.1 Å². The Morgan fingerprint density at radius 1 is 1.48 bits per heavy atom. The minimum absolute atomic E-state index is 0.138. The topological polar surface area (TPSA) is 89.3 Å². The average molecular weight is 293 g/mol. The Bertz CT molecular complexity index is 562. The summed E-state index contributed by atoms with van der Waals surface area (Å²) in [6.07, 6.45) is 1.97. The van der Waals surface area contributed by atoms with Gasteiger partial charge in [0.2, 0.25) is 0 Å². The molecule has 0 saturated carbocycles. The molecule has 3 heterocycles. The van der Waals surface area contributed by atoms with E-state index in [-0.39, 0.29) is 25.1 Å². The molecule has 0 aromatic carbocycles. The van der Waals surface area contributed by atoms with Gasteiger partial charge in [-0.2, -0.15) is 5.10 Å². The van der Waals surface area contributed by atoms with E-state index in [1.54, 1.807) is 4.68 Å². The number of ether oxygens (including phenoxy) is 1. The lowest BCUT2D eigenvalue weighted by molar-refractivity contribution is -0.131. The summed E-state index contributed by atoms with van der Waals surface area (Å²) in [6.45, 7) is 5.72. The number of urea groups is 1. The third-order valence-electron chi connectivity index (χ3n) is 3.80. The van der Waals surface area contributed by atoms with Crippen molar-refractivity contribution < 1.29 is 14.3 Å². The molecule has 2 saturated heterocycles. The van der Waals surface area contributed by atoms with Crippen LogP contribution in [-0.2, 0) is 22.6 Å². The number of nitrogens with zero attached hydrogens (tertiary/aromatic N) is 4. The van der Waals surface area contributed by atoms with Gasteiger partial charge >= 0.3 is 6.03 Å². The molecule has 2 aliphatic rings. The molecule has 1 atom stereocenters. The molecule has 2 fully saturated rings. The van der Waals surface area contributed by atoms with Gasteiger partial charge in [-0.3, -0.25) is 9.69 Å². The number of carbonyl (C=O) groups is 2. The summed E-state index contributed by atoms with van der Waals surface area (Å²) in [6, 6.07) is -0.385. The summed E-state index contributed by atoms with van der Waals surface area (Å²) in [5.41, 5.74) is -0.875. The standard InChI is InChI=1S/C13H19N5O3/c1-9(2)5-18-10(14-8-15-18)6-17-11(19)13(16-12(17)20)3-4-21-7-13/h8-9H,3-7H2,1-2H3,(H,16,20). The van der Waals surface area contributed by atoms with Gasteiger partial charge < -0.3 is 10.1 Å². The summed E-state index contributed by atoms with van der Waals surface area (Å²) >= 11 is 0. The van der Waals surface area contributed by atoms with E-state index in [0.29, 0.717) is 31.3 Å². The lowest BCUT2D eigenvalue weighted by atomic mass is 9.99. The normalized spacial score (nSPS) is 25.4. The van der Waals surface area contributed by atoms with Crippen LogP contribution in [-0.4, -0.2) is 50.4 Å². The number of aromatic nitrogens is 3. The first kappa shape index (κ1) is 14.0.